The Morgan fingerprint density at radius 2 is 1.90 bits per heavy atom. The molecule has 0 radical (unpaired) electrons. The average molecular weight is 270 g/mol. The smallest absolute Gasteiger partial charge is 0.0208 e. The number of rotatable bonds is 4. The zero-order valence-corrected chi connectivity index (χ0v) is 12.2. The highest BCUT2D eigenvalue weighted by Gasteiger charge is 2.53. The third-order valence-corrected chi connectivity index (χ3v) is 6.22. The SMILES string of the molecule is NCc1cccc(CN[C@@H]2C[C@@H]3C[C@H]2[C@@H]2CCC[C@H]32)c1. The van der Waals surface area contributed by atoms with Gasteiger partial charge in [0.1, 0.15) is 0 Å². The lowest BCUT2D eigenvalue weighted by molar-refractivity contribution is 0.208. The number of fused-ring (bicyclic) bond motifs is 5. The van der Waals surface area contributed by atoms with E-state index in [9.17, 15) is 0 Å². The number of benzene rings is 1. The summed E-state index contributed by atoms with van der Waals surface area (Å²) in [7, 11) is 0. The Hall–Kier alpha value is -0.860. The van der Waals surface area contributed by atoms with E-state index in [1.54, 1.807) is 0 Å². The van der Waals surface area contributed by atoms with Crippen molar-refractivity contribution in [3.8, 4) is 0 Å². The van der Waals surface area contributed by atoms with E-state index >= 15 is 0 Å². The quantitative estimate of drug-likeness (QED) is 0.882. The molecule has 1 aromatic rings. The molecule has 3 saturated carbocycles. The van der Waals surface area contributed by atoms with Crippen LogP contribution in [0.2, 0.25) is 0 Å². The molecule has 3 N–H and O–H groups in total. The minimum atomic E-state index is 0.645. The van der Waals surface area contributed by atoms with Crippen molar-refractivity contribution in [3.05, 3.63) is 35.4 Å². The molecule has 0 aliphatic heterocycles. The van der Waals surface area contributed by atoms with E-state index < -0.39 is 0 Å². The fourth-order valence-corrected chi connectivity index (χ4v) is 5.42. The Morgan fingerprint density at radius 1 is 1.05 bits per heavy atom. The van der Waals surface area contributed by atoms with Crippen LogP contribution >= 0.6 is 0 Å². The van der Waals surface area contributed by atoms with E-state index in [4.69, 9.17) is 5.73 Å². The lowest BCUT2D eigenvalue weighted by Gasteiger charge is -2.32. The zero-order valence-electron chi connectivity index (χ0n) is 12.2. The Bertz CT molecular complexity index is 484. The van der Waals surface area contributed by atoms with Gasteiger partial charge in [0.15, 0.2) is 0 Å². The molecule has 3 fully saturated rings. The van der Waals surface area contributed by atoms with E-state index in [0.717, 1.165) is 36.3 Å². The molecule has 108 valence electrons. The van der Waals surface area contributed by atoms with Crippen molar-refractivity contribution in [2.24, 2.45) is 29.4 Å². The summed E-state index contributed by atoms with van der Waals surface area (Å²) >= 11 is 0. The molecule has 0 saturated heterocycles. The Kier molecular flexibility index (Phi) is 3.31. The maximum atomic E-state index is 5.72. The highest BCUT2D eigenvalue weighted by molar-refractivity contribution is 5.23. The second-order valence-electron chi connectivity index (χ2n) is 7.17. The molecule has 3 aliphatic rings. The molecule has 5 atom stereocenters. The summed E-state index contributed by atoms with van der Waals surface area (Å²) < 4.78 is 0. The van der Waals surface area contributed by atoms with Gasteiger partial charge in [0.25, 0.3) is 0 Å². The second-order valence-corrected chi connectivity index (χ2v) is 7.17. The summed E-state index contributed by atoms with van der Waals surface area (Å²) in [5.74, 6) is 4.17. The van der Waals surface area contributed by atoms with Crippen LogP contribution in [-0.2, 0) is 13.1 Å². The van der Waals surface area contributed by atoms with E-state index in [0.29, 0.717) is 6.54 Å². The first-order chi connectivity index (χ1) is 9.85. The van der Waals surface area contributed by atoms with Crippen LogP contribution in [0.1, 0.15) is 43.2 Å². The number of hydrogen-bond acceptors (Lipinski definition) is 2. The van der Waals surface area contributed by atoms with Crippen molar-refractivity contribution in [1.82, 2.24) is 5.32 Å². The van der Waals surface area contributed by atoms with Gasteiger partial charge in [0, 0.05) is 19.1 Å². The minimum Gasteiger partial charge on any atom is -0.326 e. The summed E-state index contributed by atoms with van der Waals surface area (Å²) in [5, 5.41) is 3.85. The van der Waals surface area contributed by atoms with Crippen molar-refractivity contribution < 1.29 is 0 Å². The van der Waals surface area contributed by atoms with Crippen LogP contribution in [0.3, 0.4) is 0 Å². The van der Waals surface area contributed by atoms with Crippen molar-refractivity contribution >= 4 is 0 Å². The Balaban J connectivity index is 1.38. The van der Waals surface area contributed by atoms with Gasteiger partial charge >= 0.3 is 0 Å². The second kappa shape index (κ2) is 5.16. The summed E-state index contributed by atoms with van der Waals surface area (Å²) in [5.41, 5.74) is 8.36. The molecule has 4 rings (SSSR count). The third kappa shape index (κ3) is 2.10. The molecular weight excluding hydrogens is 244 g/mol. The molecule has 2 bridgehead atoms. The van der Waals surface area contributed by atoms with Crippen LogP contribution in [0.4, 0.5) is 0 Å². The van der Waals surface area contributed by atoms with Gasteiger partial charge in [-0.3, -0.25) is 0 Å². The molecule has 0 spiro atoms. The first-order valence-corrected chi connectivity index (χ1v) is 8.36. The van der Waals surface area contributed by atoms with E-state index in [2.05, 4.69) is 29.6 Å². The van der Waals surface area contributed by atoms with Gasteiger partial charge in [-0.1, -0.05) is 30.7 Å². The molecule has 0 heterocycles. The summed E-state index contributed by atoms with van der Waals surface area (Å²) in [6, 6.07) is 9.49. The summed E-state index contributed by atoms with van der Waals surface area (Å²) in [6.45, 7) is 1.66. The predicted molar refractivity (Wildman–Crippen MR) is 82.0 cm³/mol. The van der Waals surface area contributed by atoms with Gasteiger partial charge in [0.05, 0.1) is 0 Å². The van der Waals surface area contributed by atoms with Gasteiger partial charge in [-0.2, -0.15) is 0 Å². The summed E-state index contributed by atoms with van der Waals surface area (Å²) in [4.78, 5) is 0. The van der Waals surface area contributed by atoms with Crippen molar-refractivity contribution in [2.45, 2.75) is 51.2 Å². The maximum absolute atomic E-state index is 5.72. The van der Waals surface area contributed by atoms with Crippen LogP contribution < -0.4 is 11.1 Å². The first-order valence-electron chi connectivity index (χ1n) is 8.36. The van der Waals surface area contributed by atoms with Gasteiger partial charge in [0.2, 0.25) is 0 Å². The van der Waals surface area contributed by atoms with Gasteiger partial charge < -0.3 is 11.1 Å². The highest BCUT2D eigenvalue weighted by Crippen LogP contribution is 2.58. The van der Waals surface area contributed by atoms with Crippen LogP contribution in [0.25, 0.3) is 0 Å². The lowest BCUT2D eigenvalue weighted by Crippen LogP contribution is -2.38. The number of nitrogens with one attached hydrogen (secondary N) is 1. The first kappa shape index (κ1) is 12.8. The molecular formula is C18H26N2. The monoisotopic (exact) mass is 270 g/mol. The third-order valence-electron chi connectivity index (χ3n) is 6.22. The van der Waals surface area contributed by atoms with Crippen LogP contribution in [0.15, 0.2) is 24.3 Å². The van der Waals surface area contributed by atoms with E-state index in [1.165, 1.54) is 43.2 Å². The van der Waals surface area contributed by atoms with Crippen molar-refractivity contribution in [2.75, 3.05) is 0 Å². The van der Waals surface area contributed by atoms with Crippen molar-refractivity contribution in [3.63, 3.8) is 0 Å². The largest absolute Gasteiger partial charge is 0.326 e. The molecule has 2 heteroatoms. The molecule has 2 nitrogen and oxygen atoms in total. The molecule has 0 unspecified atom stereocenters. The van der Waals surface area contributed by atoms with Crippen LogP contribution in [-0.4, -0.2) is 6.04 Å². The zero-order chi connectivity index (χ0) is 13.5. The molecule has 20 heavy (non-hydrogen) atoms. The number of nitrogens with two attached hydrogens (primary N) is 1. The maximum Gasteiger partial charge on any atom is 0.0208 e. The van der Waals surface area contributed by atoms with Gasteiger partial charge in [-0.05, 0) is 60.5 Å². The van der Waals surface area contributed by atoms with E-state index in [-0.39, 0.29) is 0 Å². The van der Waals surface area contributed by atoms with Crippen molar-refractivity contribution in [1.29, 1.82) is 0 Å². The highest BCUT2D eigenvalue weighted by atomic mass is 14.9. The fourth-order valence-electron chi connectivity index (χ4n) is 5.42. The average Bonchev–Trinajstić information content (AvgIpc) is 3.17. The van der Waals surface area contributed by atoms with Crippen LogP contribution in [0.5, 0.6) is 0 Å². The normalized spacial score (nSPS) is 38.4. The van der Waals surface area contributed by atoms with E-state index in [1.807, 2.05) is 0 Å². The lowest BCUT2D eigenvalue weighted by atomic mass is 9.79. The fraction of sp³-hybridized carbons (Fsp3) is 0.667. The van der Waals surface area contributed by atoms with Crippen LogP contribution in [0, 0.1) is 23.7 Å². The minimum absolute atomic E-state index is 0.645. The Labute approximate surface area is 122 Å². The molecule has 3 aliphatic carbocycles. The standard InChI is InChI=1S/C18H26N2/c19-10-12-3-1-4-13(7-12)11-20-18-9-14-8-17(18)16-6-2-5-15(14)16/h1,3-4,7,14-18,20H,2,5-6,8-11,19H2/t14-,15+,16+,17-,18+/m0/s1. The topological polar surface area (TPSA) is 38.0 Å². The summed E-state index contributed by atoms with van der Waals surface area (Å²) in [6.07, 6.45) is 7.47. The predicted octanol–water partition coefficient (Wildman–Crippen LogP) is 3.06. The molecule has 0 amide bonds. The Morgan fingerprint density at radius 3 is 2.80 bits per heavy atom. The van der Waals surface area contributed by atoms with Gasteiger partial charge in [-0.15, -0.1) is 0 Å². The number of hydrogen-bond donors (Lipinski definition) is 2. The molecule has 0 aromatic heterocycles. The molecule has 1 aromatic carbocycles. The van der Waals surface area contributed by atoms with Gasteiger partial charge in [-0.25, -0.2) is 0 Å².